The van der Waals surface area contributed by atoms with Crippen LogP contribution >= 0.6 is 11.6 Å². The summed E-state index contributed by atoms with van der Waals surface area (Å²) >= 11 is 6.77. The van der Waals surface area contributed by atoms with Crippen molar-refractivity contribution in [2.45, 2.75) is 39.2 Å². The number of aliphatic imine (C=N–C) groups is 1. The number of halogens is 2. The first-order valence-corrected chi connectivity index (χ1v) is 13.5. The fourth-order valence-corrected chi connectivity index (χ4v) is 5.23. The first kappa shape index (κ1) is 29.8. The summed E-state index contributed by atoms with van der Waals surface area (Å²) in [6, 6.07) is 7.70. The number of nitrogens with zero attached hydrogens (tertiary/aromatic N) is 7. The smallest absolute Gasteiger partial charge is 0.246 e. The van der Waals surface area contributed by atoms with Gasteiger partial charge in [-0.25, -0.2) is 19.3 Å². The maximum atomic E-state index is 14.9. The molecule has 1 fully saturated rings. The highest BCUT2D eigenvalue weighted by molar-refractivity contribution is 6.33. The normalized spacial score (nSPS) is 16.0. The number of aromatic nitrogens is 3. The molecule has 0 bridgehead atoms. The van der Waals surface area contributed by atoms with Crippen LogP contribution in [0.15, 0.2) is 60.5 Å². The summed E-state index contributed by atoms with van der Waals surface area (Å²) in [5.41, 5.74) is 1.43. The van der Waals surface area contributed by atoms with Crippen LogP contribution in [0.3, 0.4) is 0 Å². The van der Waals surface area contributed by atoms with Crippen LogP contribution in [0.2, 0.25) is 5.02 Å². The van der Waals surface area contributed by atoms with Crippen molar-refractivity contribution in [3.63, 3.8) is 0 Å². The molecular weight excluding hydrogens is 545 g/mol. The molecule has 0 spiro atoms. The molecule has 9 nitrogen and oxygen atoms in total. The largest absolute Gasteiger partial charge is 0.350 e. The molecule has 4 rings (SSSR count). The van der Waals surface area contributed by atoms with Gasteiger partial charge in [-0.15, -0.1) is 0 Å². The van der Waals surface area contributed by atoms with Gasteiger partial charge in [0.05, 0.1) is 33.9 Å². The van der Waals surface area contributed by atoms with Crippen molar-refractivity contribution in [3.05, 3.63) is 77.6 Å². The molecule has 2 amide bonds. The van der Waals surface area contributed by atoms with Crippen LogP contribution in [0.25, 0.3) is 11.3 Å². The van der Waals surface area contributed by atoms with E-state index in [9.17, 15) is 14.0 Å². The maximum Gasteiger partial charge on any atom is 0.246 e. The molecule has 1 atom stereocenters. The Balaban J connectivity index is 1.94. The van der Waals surface area contributed by atoms with E-state index in [-0.39, 0.29) is 34.0 Å². The molecule has 0 radical (unpaired) electrons. The second-order valence-corrected chi connectivity index (χ2v) is 11.1. The van der Waals surface area contributed by atoms with Crippen LogP contribution in [0.1, 0.15) is 39.0 Å². The molecule has 0 saturated carbocycles. The standard InChI is InChI=1S/C30H33ClFN7O2/c1-7-25(41)37-12-13-38(19(2)16-37)28(33-6)21-14-22(31)26(20-10-8-9-11-23(20)32)36-29(21)39(18-40)24-15-34-17-35-27(24)30(3,4)5/h7-11,14-15,17-19H,1,12-13,16H2,2-6H3. The number of amidine groups is 1. The van der Waals surface area contributed by atoms with E-state index < -0.39 is 11.2 Å². The SMILES string of the molecule is C=CC(=O)N1CCN(C(=NC)c2cc(Cl)c(-c3ccccc3F)nc2N(C=O)c2cncnc2C(C)(C)C)C(C)C1. The molecule has 0 aliphatic carbocycles. The van der Waals surface area contributed by atoms with Crippen LogP contribution in [-0.2, 0) is 15.0 Å². The molecule has 3 heterocycles. The predicted octanol–water partition coefficient (Wildman–Crippen LogP) is 5.02. The van der Waals surface area contributed by atoms with Crippen molar-refractivity contribution >= 4 is 41.3 Å². The quantitative estimate of drug-likeness (QED) is 0.177. The summed E-state index contributed by atoms with van der Waals surface area (Å²) in [6.45, 7) is 12.9. The summed E-state index contributed by atoms with van der Waals surface area (Å²) in [5, 5.41) is 0.189. The average Bonchev–Trinajstić information content (AvgIpc) is 2.95. The molecule has 1 aliphatic heterocycles. The minimum Gasteiger partial charge on any atom is -0.350 e. The molecule has 0 N–H and O–H groups in total. The second-order valence-electron chi connectivity index (χ2n) is 10.7. The van der Waals surface area contributed by atoms with Crippen molar-refractivity contribution in [1.29, 1.82) is 0 Å². The minimum absolute atomic E-state index is 0.126. The number of hydrogen-bond donors (Lipinski definition) is 0. The van der Waals surface area contributed by atoms with Crippen molar-refractivity contribution in [2.75, 3.05) is 31.6 Å². The van der Waals surface area contributed by atoms with E-state index in [0.29, 0.717) is 48.8 Å². The lowest BCUT2D eigenvalue weighted by atomic mass is 9.90. The highest BCUT2D eigenvalue weighted by Gasteiger charge is 2.33. The van der Waals surface area contributed by atoms with Gasteiger partial charge in [-0.2, -0.15) is 0 Å². The average molecular weight is 578 g/mol. The highest BCUT2D eigenvalue weighted by atomic mass is 35.5. The maximum absolute atomic E-state index is 14.9. The van der Waals surface area contributed by atoms with Gasteiger partial charge in [0, 0.05) is 43.7 Å². The number of benzene rings is 1. The summed E-state index contributed by atoms with van der Waals surface area (Å²) in [6.07, 6.45) is 4.92. The first-order chi connectivity index (χ1) is 19.5. The van der Waals surface area contributed by atoms with Gasteiger partial charge in [0.2, 0.25) is 12.3 Å². The van der Waals surface area contributed by atoms with Crippen molar-refractivity contribution < 1.29 is 14.0 Å². The van der Waals surface area contributed by atoms with Crippen LogP contribution in [-0.4, -0.2) is 75.6 Å². The Morgan fingerprint density at radius 1 is 1.27 bits per heavy atom. The zero-order valence-electron chi connectivity index (χ0n) is 23.8. The topological polar surface area (TPSA) is 94.9 Å². The van der Waals surface area contributed by atoms with E-state index in [1.807, 2.05) is 32.6 Å². The number of piperazine rings is 1. The Morgan fingerprint density at radius 2 is 2.00 bits per heavy atom. The zero-order valence-corrected chi connectivity index (χ0v) is 24.6. The van der Waals surface area contributed by atoms with Gasteiger partial charge < -0.3 is 9.80 Å². The number of carbonyl (C=O) groups is 2. The van der Waals surface area contributed by atoms with Gasteiger partial charge in [0.1, 0.15) is 18.0 Å². The Labute approximate surface area is 244 Å². The van der Waals surface area contributed by atoms with E-state index >= 15 is 0 Å². The van der Waals surface area contributed by atoms with E-state index in [1.54, 1.807) is 42.4 Å². The van der Waals surface area contributed by atoms with Crippen molar-refractivity contribution in [1.82, 2.24) is 24.8 Å². The minimum atomic E-state index is -0.502. The lowest BCUT2D eigenvalue weighted by Crippen LogP contribution is -2.55. The van der Waals surface area contributed by atoms with E-state index in [0.717, 1.165) is 0 Å². The number of hydrogen-bond acceptors (Lipinski definition) is 6. The highest BCUT2D eigenvalue weighted by Crippen LogP contribution is 2.38. The molecule has 41 heavy (non-hydrogen) atoms. The lowest BCUT2D eigenvalue weighted by Gasteiger charge is -2.41. The van der Waals surface area contributed by atoms with Crippen LogP contribution in [0, 0.1) is 5.82 Å². The Morgan fingerprint density at radius 3 is 2.61 bits per heavy atom. The first-order valence-electron chi connectivity index (χ1n) is 13.2. The molecule has 214 valence electrons. The van der Waals surface area contributed by atoms with E-state index in [4.69, 9.17) is 16.6 Å². The van der Waals surface area contributed by atoms with Crippen LogP contribution in [0.4, 0.5) is 15.9 Å². The van der Waals surface area contributed by atoms with Crippen LogP contribution in [0.5, 0.6) is 0 Å². The fraction of sp³-hybridized carbons (Fsp3) is 0.333. The van der Waals surface area contributed by atoms with Gasteiger partial charge in [0.15, 0.2) is 5.82 Å². The molecule has 3 aromatic rings. The number of amides is 2. The summed E-state index contributed by atoms with van der Waals surface area (Å²) < 4.78 is 14.9. The van der Waals surface area contributed by atoms with E-state index in [2.05, 4.69) is 21.5 Å². The van der Waals surface area contributed by atoms with E-state index in [1.165, 1.54) is 23.4 Å². The molecule has 1 aliphatic rings. The lowest BCUT2D eigenvalue weighted by molar-refractivity contribution is -0.128. The third kappa shape index (κ3) is 5.97. The molecule has 1 aromatic carbocycles. The van der Waals surface area contributed by atoms with Gasteiger partial charge >= 0.3 is 0 Å². The molecule has 1 saturated heterocycles. The summed E-state index contributed by atoms with van der Waals surface area (Å²) in [7, 11) is 1.64. The third-order valence-electron chi connectivity index (χ3n) is 6.92. The Hall–Kier alpha value is -4.18. The summed E-state index contributed by atoms with van der Waals surface area (Å²) in [5.74, 6) is 0.0729. The van der Waals surface area contributed by atoms with Crippen LogP contribution < -0.4 is 4.90 Å². The second kappa shape index (κ2) is 12.1. The van der Waals surface area contributed by atoms with Crippen molar-refractivity contribution in [3.8, 4) is 11.3 Å². The van der Waals surface area contributed by atoms with Gasteiger partial charge in [-0.1, -0.05) is 51.1 Å². The molecule has 2 aromatic heterocycles. The molecule has 11 heteroatoms. The monoisotopic (exact) mass is 577 g/mol. The van der Waals surface area contributed by atoms with Gasteiger partial charge in [0.25, 0.3) is 0 Å². The number of rotatable bonds is 6. The van der Waals surface area contributed by atoms with Crippen molar-refractivity contribution in [2.24, 2.45) is 4.99 Å². The Bertz CT molecular complexity index is 1500. The van der Waals surface area contributed by atoms with Gasteiger partial charge in [-0.05, 0) is 31.2 Å². The molecule has 1 unspecified atom stereocenters. The fourth-order valence-electron chi connectivity index (χ4n) is 4.97. The Kier molecular flexibility index (Phi) is 8.82. The van der Waals surface area contributed by atoms with Gasteiger partial charge in [-0.3, -0.25) is 19.5 Å². The number of anilines is 2. The molecular formula is C30H33ClFN7O2. The third-order valence-corrected chi connectivity index (χ3v) is 7.21. The predicted molar refractivity (Wildman–Crippen MR) is 159 cm³/mol. The summed E-state index contributed by atoms with van der Waals surface area (Å²) in [4.78, 5) is 48.3. The zero-order chi connectivity index (χ0) is 29.9. The number of pyridine rings is 1. The number of carbonyl (C=O) groups excluding carboxylic acids is 2.